The average molecular weight is 301 g/mol. The molecule has 0 aliphatic rings. The second-order valence-corrected chi connectivity index (χ2v) is 4.75. The largest absolute Gasteiger partial charge is 0.489 e. The number of carbonyl (C=O) groups is 1. The van der Waals surface area contributed by atoms with Crippen molar-refractivity contribution in [3.05, 3.63) is 23.2 Å². The topological polar surface area (TPSA) is 73.6 Å². The van der Waals surface area contributed by atoms with Gasteiger partial charge in [0.1, 0.15) is 12.4 Å². The van der Waals surface area contributed by atoms with Crippen molar-refractivity contribution in [1.82, 2.24) is 0 Å². The molecule has 1 atom stereocenters. The minimum atomic E-state index is -0.273. The van der Waals surface area contributed by atoms with E-state index in [1.807, 2.05) is 6.92 Å². The van der Waals surface area contributed by atoms with E-state index in [0.29, 0.717) is 36.3 Å². The molecule has 0 bridgehead atoms. The molecule has 0 saturated heterocycles. The van der Waals surface area contributed by atoms with Crippen LogP contribution in [0.25, 0.3) is 0 Å². The predicted octanol–water partition coefficient (Wildman–Crippen LogP) is 2.29. The Balaban J connectivity index is 2.72. The molecule has 1 unspecified atom stereocenters. The van der Waals surface area contributed by atoms with Crippen molar-refractivity contribution in [2.75, 3.05) is 31.7 Å². The van der Waals surface area contributed by atoms with Crippen LogP contribution in [0.3, 0.4) is 0 Å². The molecule has 20 heavy (non-hydrogen) atoms. The standard InChI is InChI=1S/C14H21ClN2O3/c1-3-19-6-7-20-13-5-4-11(15)8-12(13)17-14(18)10(2)9-16/h4-5,8,10H,3,6-7,9,16H2,1-2H3,(H,17,18). The fourth-order valence-corrected chi connectivity index (χ4v) is 1.62. The van der Waals surface area contributed by atoms with Crippen LogP contribution < -0.4 is 15.8 Å². The third kappa shape index (κ3) is 5.36. The van der Waals surface area contributed by atoms with Gasteiger partial charge in [0.05, 0.1) is 12.3 Å². The molecular weight excluding hydrogens is 280 g/mol. The Labute approximate surface area is 124 Å². The molecule has 1 aromatic rings. The zero-order chi connectivity index (χ0) is 15.0. The van der Waals surface area contributed by atoms with Gasteiger partial charge in [0, 0.05) is 24.1 Å². The highest BCUT2D eigenvalue weighted by Gasteiger charge is 2.14. The molecule has 1 rings (SSSR count). The van der Waals surface area contributed by atoms with Crippen molar-refractivity contribution >= 4 is 23.2 Å². The fourth-order valence-electron chi connectivity index (χ4n) is 1.44. The average Bonchev–Trinajstić information content (AvgIpc) is 2.44. The van der Waals surface area contributed by atoms with Gasteiger partial charge in [-0.15, -0.1) is 0 Å². The van der Waals surface area contributed by atoms with Gasteiger partial charge in [0.15, 0.2) is 0 Å². The molecule has 0 saturated carbocycles. The first-order chi connectivity index (χ1) is 9.58. The number of hydrogen-bond donors (Lipinski definition) is 2. The molecule has 5 nitrogen and oxygen atoms in total. The zero-order valence-electron chi connectivity index (χ0n) is 11.8. The first kappa shape index (κ1) is 16.8. The summed E-state index contributed by atoms with van der Waals surface area (Å²) in [4.78, 5) is 11.9. The second kappa shape index (κ2) is 8.79. The van der Waals surface area contributed by atoms with Gasteiger partial charge >= 0.3 is 0 Å². The predicted molar refractivity (Wildman–Crippen MR) is 80.3 cm³/mol. The molecule has 0 spiro atoms. The summed E-state index contributed by atoms with van der Waals surface area (Å²) in [7, 11) is 0. The lowest BCUT2D eigenvalue weighted by molar-refractivity contribution is -0.119. The third-order valence-electron chi connectivity index (χ3n) is 2.69. The first-order valence-electron chi connectivity index (χ1n) is 6.59. The third-order valence-corrected chi connectivity index (χ3v) is 2.93. The minimum Gasteiger partial charge on any atom is -0.489 e. The highest BCUT2D eigenvalue weighted by atomic mass is 35.5. The summed E-state index contributed by atoms with van der Waals surface area (Å²) in [5, 5.41) is 3.30. The van der Waals surface area contributed by atoms with Gasteiger partial charge in [-0.05, 0) is 25.1 Å². The molecule has 0 aromatic heterocycles. The number of halogens is 1. The van der Waals surface area contributed by atoms with Gasteiger partial charge in [-0.1, -0.05) is 18.5 Å². The van der Waals surface area contributed by atoms with Crippen molar-refractivity contribution in [3.8, 4) is 5.75 Å². The Morgan fingerprint density at radius 1 is 1.45 bits per heavy atom. The van der Waals surface area contributed by atoms with Crippen LogP contribution in [0, 0.1) is 5.92 Å². The van der Waals surface area contributed by atoms with Crippen molar-refractivity contribution in [3.63, 3.8) is 0 Å². The SMILES string of the molecule is CCOCCOc1ccc(Cl)cc1NC(=O)C(C)CN. The Morgan fingerprint density at radius 3 is 2.85 bits per heavy atom. The Bertz CT molecular complexity index is 440. The van der Waals surface area contributed by atoms with Crippen molar-refractivity contribution in [1.29, 1.82) is 0 Å². The van der Waals surface area contributed by atoms with Crippen molar-refractivity contribution in [2.45, 2.75) is 13.8 Å². The van der Waals surface area contributed by atoms with Gasteiger partial charge in [-0.3, -0.25) is 4.79 Å². The number of rotatable bonds is 8. The Morgan fingerprint density at radius 2 is 2.20 bits per heavy atom. The summed E-state index contributed by atoms with van der Waals surface area (Å²) < 4.78 is 10.8. The quantitative estimate of drug-likeness (QED) is 0.722. The summed E-state index contributed by atoms with van der Waals surface area (Å²) >= 11 is 5.94. The number of nitrogens with two attached hydrogens (primary N) is 1. The van der Waals surface area contributed by atoms with Crippen LogP contribution in [-0.2, 0) is 9.53 Å². The van der Waals surface area contributed by atoms with E-state index in [-0.39, 0.29) is 18.4 Å². The van der Waals surface area contributed by atoms with Gasteiger partial charge < -0.3 is 20.5 Å². The van der Waals surface area contributed by atoms with Crippen molar-refractivity contribution < 1.29 is 14.3 Å². The van der Waals surface area contributed by atoms with E-state index in [0.717, 1.165) is 0 Å². The van der Waals surface area contributed by atoms with Crippen LogP contribution in [0.1, 0.15) is 13.8 Å². The maximum Gasteiger partial charge on any atom is 0.228 e. The molecule has 6 heteroatoms. The molecule has 1 amide bonds. The van der Waals surface area contributed by atoms with Gasteiger partial charge in [-0.2, -0.15) is 0 Å². The monoisotopic (exact) mass is 300 g/mol. The Hall–Kier alpha value is -1.30. The number of anilines is 1. The highest BCUT2D eigenvalue weighted by Crippen LogP contribution is 2.28. The summed E-state index contributed by atoms with van der Waals surface area (Å²) in [6.45, 7) is 5.50. The number of nitrogens with one attached hydrogen (secondary N) is 1. The molecule has 0 heterocycles. The number of ether oxygens (including phenoxy) is 2. The summed E-state index contributed by atoms with van der Waals surface area (Å²) in [5.74, 6) is 0.126. The lowest BCUT2D eigenvalue weighted by atomic mass is 10.1. The summed E-state index contributed by atoms with van der Waals surface area (Å²) in [6.07, 6.45) is 0. The van der Waals surface area contributed by atoms with E-state index in [9.17, 15) is 4.79 Å². The van der Waals surface area contributed by atoms with Crippen LogP contribution >= 0.6 is 11.6 Å². The molecule has 3 N–H and O–H groups in total. The van der Waals surface area contributed by atoms with Gasteiger partial charge in [0.25, 0.3) is 0 Å². The van der Waals surface area contributed by atoms with Crippen molar-refractivity contribution in [2.24, 2.45) is 11.7 Å². The minimum absolute atomic E-state index is 0.163. The lowest BCUT2D eigenvalue weighted by Gasteiger charge is -2.15. The van der Waals surface area contributed by atoms with E-state index < -0.39 is 0 Å². The van der Waals surface area contributed by atoms with Crippen LogP contribution in [0.15, 0.2) is 18.2 Å². The number of hydrogen-bond acceptors (Lipinski definition) is 4. The molecule has 0 fully saturated rings. The van der Waals surface area contributed by atoms with E-state index in [2.05, 4.69) is 5.32 Å². The van der Waals surface area contributed by atoms with Crippen LogP contribution in [0.4, 0.5) is 5.69 Å². The lowest BCUT2D eigenvalue weighted by Crippen LogP contribution is -2.27. The summed E-state index contributed by atoms with van der Waals surface area (Å²) in [6, 6.07) is 5.08. The zero-order valence-corrected chi connectivity index (χ0v) is 12.6. The smallest absolute Gasteiger partial charge is 0.228 e. The summed E-state index contributed by atoms with van der Waals surface area (Å²) in [5.41, 5.74) is 6.01. The van der Waals surface area contributed by atoms with E-state index >= 15 is 0 Å². The van der Waals surface area contributed by atoms with Crippen LogP contribution in [0.5, 0.6) is 5.75 Å². The number of benzene rings is 1. The fraction of sp³-hybridized carbons (Fsp3) is 0.500. The molecule has 1 aromatic carbocycles. The van der Waals surface area contributed by atoms with E-state index in [1.54, 1.807) is 25.1 Å². The highest BCUT2D eigenvalue weighted by molar-refractivity contribution is 6.31. The van der Waals surface area contributed by atoms with E-state index in [4.69, 9.17) is 26.8 Å². The van der Waals surface area contributed by atoms with Crippen LogP contribution in [0.2, 0.25) is 5.02 Å². The number of amides is 1. The first-order valence-corrected chi connectivity index (χ1v) is 6.97. The molecule has 0 radical (unpaired) electrons. The van der Waals surface area contributed by atoms with Gasteiger partial charge in [-0.25, -0.2) is 0 Å². The molecule has 112 valence electrons. The maximum absolute atomic E-state index is 11.9. The normalized spacial score (nSPS) is 12.0. The molecule has 0 aliphatic heterocycles. The van der Waals surface area contributed by atoms with Crippen LogP contribution in [-0.4, -0.2) is 32.3 Å². The second-order valence-electron chi connectivity index (χ2n) is 4.31. The number of carbonyl (C=O) groups excluding carboxylic acids is 1. The molecular formula is C14H21ClN2O3. The van der Waals surface area contributed by atoms with Gasteiger partial charge in [0.2, 0.25) is 5.91 Å². The van der Waals surface area contributed by atoms with E-state index in [1.165, 1.54) is 0 Å². The Kier molecular flexibility index (Phi) is 7.36. The maximum atomic E-state index is 11.9. The molecule has 0 aliphatic carbocycles.